The van der Waals surface area contributed by atoms with E-state index in [9.17, 15) is 9.18 Å². The normalized spacial score (nSPS) is 17.2. The highest BCUT2D eigenvalue weighted by Crippen LogP contribution is 2.40. The van der Waals surface area contributed by atoms with Crippen LogP contribution in [0.15, 0.2) is 36.4 Å². The summed E-state index contributed by atoms with van der Waals surface area (Å²) < 4.78 is 25.4. The Morgan fingerprint density at radius 1 is 1.16 bits per heavy atom. The van der Waals surface area contributed by atoms with Gasteiger partial charge in [0.2, 0.25) is 5.91 Å². The van der Waals surface area contributed by atoms with Crippen LogP contribution in [0.2, 0.25) is 0 Å². The monoisotopic (exact) mass is 428 g/mol. The van der Waals surface area contributed by atoms with E-state index >= 15 is 0 Å². The molecule has 3 rings (SSSR count). The van der Waals surface area contributed by atoms with Crippen molar-refractivity contribution in [2.75, 3.05) is 20.8 Å². The number of fused-ring (bicyclic) bond motifs is 1. The van der Waals surface area contributed by atoms with Gasteiger partial charge >= 0.3 is 0 Å². The number of carbonyl (C=O) groups excluding carboxylic acids is 1. The minimum Gasteiger partial charge on any atom is -0.493 e. The van der Waals surface area contributed by atoms with Crippen LogP contribution < -0.4 is 14.8 Å². The van der Waals surface area contributed by atoms with Crippen LogP contribution >= 0.6 is 0 Å². The van der Waals surface area contributed by atoms with E-state index in [2.05, 4.69) is 10.2 Å². The third-order valence-electron chi connectivity index (χ3n) is 5.81. The summed E-state index contributed by atoms with van der Waals surface area (Å²) in [6, 6.07) is 10.6. The number of halogens is 1. The van der Waals surface area contributed by atoms with Crippen LogP contribution in [-0.2, 0) is 17.8 Å². The molecule has 0 spiro atoms. The van der Waals surface area contributed by atoms with E-state index in [4.69, 9.17) is 9.47 Å². The minimum absolute atomic E-state index is 0.0286. The van der Waals surface area contributed by atoms with Crippen LogP contribution in [0.4, 0.5) is 4.39 Å². The molecule has 2 atom stereocenters. The van der Waals surface area contributed by atoms with Gasteiger partial charge in [0.15, 0.2) is 11.5 Å². The van der Waals surface area contributed by atoms with Crippen molar-refractivity contribution in [3.05, 3.63) is 58.9 Å². The van der Waals surface area contributed by atoms with Gasteiger partial charge in [0.05, 0.1) is 20.3 Å². The molecule has 0 saturated heterocycles. The summed E-state index contributed by atoms with van der Waals surface area (Å²) in [6.07, 6.45) is 1.29. The van der Waals surface area contributed by atoms with E-state index < -0.39 is 0 Å². The first-order valence-corrected chi connectivity index (χ1v) is 10.9. The summed E-state index contributed by atoms with van der Waals surface area (Å²) >= 11 is 0. The highest BCUT2D eigenvalue weighted by atomic mass is 19.1. The average molecular weight is 429 g/mol. The summed E-state index contributed by atoms with van der Waals surface area (Å²) in [5.41, 5.74) is 2.90. The number of hydrogen-bond donors (Lipinski definition) is 1. The zero-order valence-corrected chi connectivity index (χ0v) is 19.1. The van der Waals surface area contributed by atoms with Crippen molar-refractivity contribution in [3.8, 4) is 11.5 Å². The van der Waals surface area contributed by atoms with E-state index in [0.29, 0.717) is 30.0 Å². The summed E-state index contributed by atoms with van der Waals surface area (Å²) in [6.45, 7) is 7.30. The molecule has 0 fully saturated rings. The first-order valence-electron chi connectivity index (χ1n) is 10.9. The second kappa shape index (κ2) is 10.1. The maximum Gasteiger partial charge on any atom is 0.220 e. The van der Waals surface area contributed by atoms with Crippen molar-refractivity contribution in [2.24, 2.45) is 5.92 Å². The van der Waals surface area contributed by atoms with Gasteiger partial charge in [-0.15, -0.1) is 0 Å². The molecule has 6 heteroatoms. The average Bonchev–Trinajstić information content (AvgIpc) is 2.73. The smallest absolute Gasteiger partial charge is 0.220 e. The summed E-state index contributed by atoms with van der Waals surface area (Å²) in [4.78, 5) is 14.8. The Bertz CT molecular complexity index is 916. The predicted octanol–water partition coefficient (Wildman–Crippen LogP) is 4.49. The molecule has 0 unspecified atom stereocenters. The highest BCUT2D eigenvalue weighted by molar-refractivity contribution is 5.76. The van der Waals surface area contributed by atoms with Crippen molar-refractivity contribution in [1.29, 1.82) is 0 Å². The van der Waals surface area contributed by atoms with Crippen LogP contribution in [0.3, 0.4) is 0 Å². The van der Waals surface area contributed by atoms with Gasteiger partial charge in [-0.05, 0) is 48.6 Å². The Labute approximate surface area is 184 Å². The van der Waals surface area contributed by atoms with E-state index in [1.807, 2.05) is 45.0 Å². The number of nitrogens with zero attached hydrogens (tertiary/aromatic N) is 1. The Kier molecular flexibility index (Phi) is 7.55. The Balaban J connectivity index is 1.97. The number of nitrogens with one attached hydrogen (secondary N) is 1. The van der Waals surface area contributed by atoms with Gasteiger partial charge in [-0.25, -0.2) is 4.39 Å². The molecule has 31 heavy (non-hydrogen) atoms. The molecule has 1 aliphatic rings. The first-order chi connectivity index (χ1) is 14.8. The molecule has 0 aromatic heterocycles. The summed E-state index contributed by atoms with van der Waals surface area (Å²) in [7, 11) is 3.25. The lowest BCUT2D eigenvalue weighted by molar-refractivity contribution is -0.122. The van der Waals surface area contributed by atoms with Gasteiger partial charge in [-0.2, -0.15) is 0 Å². The zero-order chi connectivity index (χ0) is 22.5. The summed E-state index contributed by atoms with van der Waals surface area (Å²) in [5.74, 6) is 1.44. The molecule has 0 aliphatic carbocycles. The largest absolute Gasteiger partial charge is 0.493 e. The van der Waals surface area contributed by atoms with Gasteiger partial charge in [-0.1, -0.05) is 32.0 Å². The summed E-state index contributed by atoms with van der Waals surface area (Å²) in [5, 5.41) is 3.17. The number of benzene rings is 2. The zero-order valence-electron chi connectivity index (χ0n) is 19.1. The molecule has 2 aromatic carbocycles. The number of carbonyl (C=O) groups is 1. The third-order valence-corrected chi connectivity index (χ3v) is 5.81. The van der Waals surface area contributed by atoms with Crippen molar-refractivity contribution in [2.45, 2.75) is 52.2 Å². The maximum absolute atomic E-state index is 14.4. The number of methoxy groups -OCH3 is 2. The van der Waals surface area contributed by atoms with Gasteiger partial charge in [0, 0.05) is 31.1 Å². The van der Waals surface area contributed by atoms with E-state index in [1.54, 1.807) is 20.3 Å². The van der Waals surface area contributed by atoms with Gasteiger partial charge in [0.1, 0.15) is 5.82 Å². The second-order valence-corrected chi connectivity index (χ2v) is 8.62. The molecule has 0 saturated carbocycles. The Hall–Kier alpha value is -2.60. The van der Waals surface area contributed by atoms with E-state index in [0.717, 1.165) is 24.1 Å². The lowest BCUT2D eigenvalue weighted by atomic mass is 9.87. The lowest BCUT2D eigenvalue weighted by Gasteiger charge is -2.41. The number of amides is 1. The fraction of sp³-hybridized carbons (Fsp3) is 0.480. The topological polar surface area (TPSA) is 50.8 Å². The van der Waals surface area contributed by atoms with Crippen LogP contribution in [-0.4, -0.2) is 37.6 Å². The van der Waals surface area contributed by atoms with Crippen molar-refractivity contribution < 1.29 is 18.7 Å². The first kappa shape index (κ1) is 23.1. The maximum atomic E-state index is 14.4. The molecule has 1 N–H and O–H groups in total. The van der Waals surface area contributed by atoms with Crippen LogP contribution in [0.5, 0.6) is 11.5 Å². The minimum atomic E-state index is -0.212. The SMILES string of the molecule is COc1cc2c(cc1OC)[C@H]([C@@H](C)NC(=O)CC(C)C)N(Cc1ccccc1F)CC2. The molecular weight excluding hydrogens is 395 g/mol. The molecule has 168 valence electrons. The molecule has 5 nitrogen and oxygen atoms in total. The fourth-order valence-corrected chi connectivity index (χ4v) is 4.40. The molecule has 1 aliphatic heterocycles. The Morgan fingerprint density at radius 3 is 2.48 bits per heavy atom. The standard InChI is InChI=1S/C25H33FN2O3/c1-16(2)12-24(29)27-17(3)25-20-14-23(31-5)22(30-4)13-18(20)10-11-28(25)15-19-8-6-7-9-21(19)26/h6-9,13-14,16-17,25H,10-12,15H2,1-5H3,(H,27,29)/t17-,25+/m1/s1. The van der Waals surface area contributed by atoms with Crippen LogP contribution in [0, 0.1) is 11.7 Å². The van der Waals surface area contributed by atoms with Gasteiger partial charge in [0.25, 0.3) is 0 Å². The molecular formula is C25H33FN2O3. The van der Waals surface area contributed by atoms with Crippen molar-refractivity contribution >= 4 is 5.91 Å². The lowest BCUT2D eigenvalue weighted by Crippen LogP contribution is -2.47. The van der Waals surface area contributed by atoms with Gasteiger partial charge < -0.3 is 14.8 Å². The molecule has 1 amide bonds. The fourth-order valence-electron chi connectivity index (χ4n) is 4.40. The Morgan fingerprint density at radius 2 is 1.84 bits per heavy atom. The van der Waals surface area contributed by atoms with E-state index in [-0.39, 0.29) is 29.7 Å². The molecule has 0 radical (unpaired) electrons. The van der Waals surface area contributed by atoms with Crippen molar-refractivity contribution in [3.63, 3.8) is 0 Å². The van der Waals surface area contributed by atoms with Crippen molar-refractivity contribution in [1.82, 2.24) is 10.2 Å². The highest BCUT2D eigenvalue weighted by Gasteiger charge is 2.34. The molecule has 1 heterocycles. The van der Waals surface area contributed by atoms with E-state index in [1.165, 1.54) is 6.07 Å². The van der Waals surface area contributed by atoms with Crippen LogP contribution in [0.25, 0.3) is 0 Å². The molecule has 2 aromatic rings. The predicted molar refractivity (Wildman–Crippen MR) is 120 cm³/mol. The molecule has 0 bridgehead atoms. The number of rotatable bonds is 8. The van der Waals surface area contributed by atoms with Crippen LogP contribution in [0.1, 0.15) is 49.9 Å². The quantitative estimate of drug-likeness (QED) is 0.673. The van der Waals surface area contributed by atoms with Gasteiger partial charge in [-0.3, -0.25) is 9.69 Å². The second-order valence-electron chi connectivity index (χ2n) is 8.62. The third kappa shape index (κ3) is 5.37. The number of ether oxygens (including phenoxy) is 2. The number of hydrogen-bond acceptors (Lipinski definition) is 4.